The lowest BCUT2D eigenvalue weighted by molar-refractivity contribution is -0.136. The van der Waals surface area contributed by atoms with Crippen LogP contribution < -0.4 is 4.74 Å². The van der Waals surface area contributed by atoms with Crippen molar-refractivity contribution in [2.75, 3.05) is 96.9 Å². The molecule has 0 atom stereocenters. The summed E-state index contributed by atoms with van der Waals surface area (Å²) in [5.74, 6) is -14.1. The van der Waals surface area contributed by atoms with Crippen molar-refractivity contribution in [2.45, 2.75) is 6.42 Å². The molecular weight excluding hydrogens is 642 g/mol. The largest absolute Gasteiger partial charge is 0.420 e. The number of carbonyl (C=O) groups is 1. The first kappa shape index (κ1) is 34.8. The van der Waals surface area contributed by atoms with Gasteiger partial charge in [0, 0.05) is 4.43 Å². The summed E-state index contributed by atoms with van der Waals surface area (Å²) in [7, 11) is 0. The van der Waals surface area contributed by atoms with E-state index in [0.29, 0.717) is 59.5 Å². The number of benzene rings is 1. The molecule has 0 radical (unpaired) electrons. The monoisotopic (exact) mass is 674 g/mol. The predicted molar refractivity (Wildman–Crippen MR) is 131 cm³/mol. The number of esters is 1. The highest BCUT2D eigenvalue weighted by Gasteiger charge is 2.28. The molecule has 0 N–H and O–H groups in total. The van der Waals surface area contributed by atoms with Crippen LogP contribution in [0.2, 0.25) is 0 Å². The van der Waals surface area contributed by atoms with Crippen molar-refractivity contribution in [3.8, 4) is 5.75 Å². The molecule has 0 saturated carbocycles. The summed E-state index contributed by atoms with van der Waals surface area (Å²) in [6.07, 6.45) is -0.476. The summed E-state index contributed by atoms with van der Waals surface area (Å²) in [5, 5.41) is 0. The Morgan fingerprint density at radius 3 is 1.11 bits per heavy atom. The van der Waals surface area contributed by atoms with Crippen molar-refractivity contribution in [3.63, 3.8) is 0 Å². The quantitative estimate of drug-likeness (QED) is 0.0240. The molecular formula is C23H32F5IO9. The molecule has 0 saturated heterocycles. The SMILES string of the molecule is O=C(CCOCCOCCOCCOCCOCCOCCOCCI)Oc1c(F)c(F)c(F)c(F)c1F. The van der Waals surface area contributed by atoms with Crippen LogP contribution in [0.4, 0.5) is 22.0 Å². The Morgan fingerprint density at radius 2 is 0.763 bits per heavy atom. The number of hydrogen-bond donors (Lipinski definition) is 0. The smallest absolute Gasteiger partial charge is 0.313 e. The topological polar surface area (TPSA) is 90.9 Å². The predicted octanol–water partition coefficient (Wildman–Crippen LogP) is 3.23. The second kappa shape index (κ2) is 22.6. The van der Waals surface area contributed by atoms with E-state index in [9.17, 15) is 26.7 Å². The minimum atomic E-state index is -2.34. The van der Waals surface area contributed by atoms with Crippen LogP contribution in [0.25, 0.3) is 0 Å². The fourth-order valence-corrected chi connectivity index (χ4v) is 2.78. The maximum absolute atomic E-state index is 13.5. The zero-order valence-electron chi connectivity index (χ0n) is 20.8. The van der Waals surface area contributed by atoms with Crippen LogP contribution in [0.15, 0.2) is 0 Å². The van der Waals surface area contributed by atoms with Crippen molar-refractivity contribution in [3.05, 3.63) is 29.1 Å². The molecule has 0 amide bonds. The van der Waals surface area contributed by atoms with Gasteiger partial charge < -0.3 is 37.9 Å². The average Bonchev–Trinajstić information content (AvgIpc) is 2.91. The Labute approximate surface area is 231 Å². The number of rotatable bonds is 24. The number of hydrogen-bond acceptors (Lipinski definition) is 9. The summed E-state index contributed by atoms with van der Waals surface area (Å²) in [6, 6.07) is 0. The molecule has 0 heterocycles. The van der Waals surface area contributed by atoms with E-state index < -0.39 is 47.2 Å². The number of alkyl halides is 1. The van der Waals surface area contributed by atoms with Crippen molar-refractivity contribution < 1.29 is 64.6 Å². The second-order valence-corrected chi connectivity index (χ2v) is 8.18. The summed E-state index contributed by atoms with van der Waals surface area (Å²) in [5.41, 5.74) is 0. The molecule has 0 unspecified atom stereocenters. The first-order chi connectivity index (χ1) is 18.4. The third-order valence-electron chi connectivity index (χ3n) is 4.29. The van der Waals surface area contributed by atoms with Gasteiger partial charge in [0.2, 0.25) is 34.8 Å². The van der Waals surface area contributed by atoms with Crippen molar-refractivity contribution in [1.29, 1.82) is 0 Å². The summed E-state index contributed by atoms with van der Waals surface area (Å²) in [6.45, 7) is 5.17. The Morgan fingerprint density at radius 1 is 0.474 bits per heavy atom. The Bertz CT molecular complexity index is 763. The number of ether oxygens (including phenoxy) is 8. The lowest BCUT2D eigenvalue weighted by atomic mass is 10.2. The van der Waals surface area contributed by atoms with E-state index in [0.717, 1.165) is 11.0 Å². The zero-order chi connectivity index (χ0) is 28.0. The first-order valence-electron chi connectivity index (χ1n) is 11.7. The zero-order valence-corrected chi connectivity index (χ0v) is 22.9. The van der Waals surface area contributed by atoms with Gasteiger partial charge in [-0.05, 0) is 0 Å². The molecule has 1 rings (SSSR count). The van der Waals surface area contributed by atoms with Crippen molar-refractivity contribution in [2.24, 2.45) is 0 Å². The Hall–Kier alpha value is -1.21. The highest BCUT2D eigenvalue weighted by atomic mass is 127. The molecule has 1 aromatic rings. The fourth-order valence-electron chi connectivity index (χ4n) is 2.47. The maximum Gasteiger partial charge on any atom is 0.313 e. The van der Waals surface area contributed by atoms with Crippen LogP contribution in [0.1, 0.15) is 6.42 Å². The molecule has 1 aromatic carbocycles. The van der Waals surface area contributed by atoms with Gasteiger partial charge in [-0.1, -0.05) is 22.6 Å². The normalized spacial score (nSPS) is 11.3. The first-order valence-corrected chi connectivity index (χ1v) is 13.2. The molecule has 9 nitrogen and oxygen atoms in total. The van der Waals surface area contributed by atoms with Gasteiger partial charge in [0.1, 0.15) is 0 Å². The molecule has 0 aliphatic carbocycles. The van der Waals surface area contributed by atoms with Crippen LogP contribution in [0, 0.1) is 29.1 Å². The summed E-state index contributed by atoms with van der Waals surface area (Å²) >= 11 is 2.24. The van der Waals surface area contributed by atoms with E-state index in [4.69, 9.17) is 33.2 Å². The molecule has 0 spiro atoms. The van der Waals surface area contributed by atoms with E-state index in [1.165, 1.54) is 0 Å². The van der Waals surface area contributed by atoms with Gasteiger partial charge in [-0.2, -0.15) is 8.78 Å². The van der Waals surface area contributed by atoms with Gasteiger partial charge in [0.05, 0.1) is 98.9 Å². The highest BCUT2D eigenvalue weighted by molar-refractivity contribution is 14.1. The standard InChI is InChI=1S/C23H32F5IO9/c24-18-19(25)21(27)23(22(28)20(18)26)38-17(30)1-3-31-5-7-33-9-11-35-13-15-37-16-14-36-12-10-34-8-6-32-4-2-29/h1-16H2. The van der Waals surface area contributed by atoms with Crippen LogP contribution >= 0.6 is 22.6 Å². The van der Waals surface area contributed by atoms with E-state index in [1.54, 1.807) is 0 Å². The molecule has 0 fully saturated rings. The summed E-state index contributed by atoms with van der Waals surface area (Å²) in [4.78, 5) is 11.6. The lowest BCUT2D eigenvalue weighted by Crippen LogP contribution is -2.16. The third kappa shape index (κ3) is 15.4. The second-order valence-electron chi connectivity index (χ2n) is 7.10. The van der Waals surface area contributed by atoms with E-state index >= 15 is 0 Å². The van der Waals surface area contributed by atoms with Gasteiger partial charge >= 0.3 is 5.97 Å². The average molecular weight is 674 g/mol. The minimum absolute atomic E-state index is 0.0936. The minimum Gasteiger partial charge on any atom is -0.420 e. The molecule has 38 heavy (non-hydrogen) atoms. The molecule has 220 valence electrons. The van der Waals surface area contributed by atoms with Crippen LogP contribution in [-0.4, -0.2) is 103 Å². The van der Waals surface area contributed by atoms with Gasteiger partial charge in [-0.25, -0.2) is 13.2 Å². The lowest BCUT2D eigenvalue weighted by Gasteiger charge is -2.09. The van der Waals surface area contributed by atoms with Crippen molar-refractivity contribution in [1.82, 2.24) is 0 Å². The Kier molecular flexibility index (Phi) is 20.7. The third-order valence-corrected chi connectivity index (χ3v) is 4.73. The summed E-state index contributed by atoms with van der Waals surface area (Å²) < 4.78 is 108. The Balaban J connectivity index is 1.88. The van der Waals surface area contributed by atoms with Gasteiger partial charge in [0.25, 0.3) is 0 Å². The molecule has 15 heteroatoms. The molecule has 0 aliphatic heterocycles. The van der Waals surface area contributed by atoms with Gasteiger partial charge in [0.15, 0.2) is 0 Å². The van der Waals surface area contributed by atoms with Crippen molar-refractivity contribution >= 4 is 28.6 Å². The fraction of sp³-hybridized carbons (Fsp3) is 0.696. The highest BCUT2D eigenvalue weighted by Crippen LogP contribution is 2.29. The van der Waals surface area contributed by atoms with E-state index in [2.05, 4.69) is 27.3 Å². The van der Waals surface area contributed by atoms with Gasteiger partial charge in [-0.15, -0.1) is 0 Å². The van der Waals surface area contributed by atoms with E-state index in [1.807, 2.05) is 0 Å². The molecule has 0 aromatic heterocycles. The van der Waals surface area contributed by atoms with Crippen LogP contribution in [-0.2, 0) is 38.0 Å². The van der Waals surface area contributed by atoms with Crippen LogP contribution in [0.5, 0.6) is 5.75 Å². The van der Waals surface area contributed by atoms with E-state index in [-0.39, 0.29) is 26.4 Å². The number of halogens is 6. The number of carbonyl (C=O) groups excluding carboxylic acids is 1. The molecule has 0 bridgehead atoms. The molecule has 0 aliphatic rings. The van der Waals surface area contributed by atoms with Gasteiger partial charge in [-0.3, -0.25) is 4.79 Å². The maximum atomic E-state index is 13.5. The van der Waals surface area contributed by atoms with Crippen LogP contribution in [0.3, 0.4) is 0 Å².